The molecule has 1 aliphatic carbocycles. The molecule has 15 heavy (non-hydrogen) atoms. The second kappa shape index (κ2) is 6.80. The van der Waals surface area contributed by atoms with E-state index in [0.29, 0.717) is 6.42 Å². The third-order valence-electron chi connectivity index (χ3n) is 2.98. The van der Waals surface area contributed by atoms with Crippen LogP contribution in [0.5, 0.6) is 0 Å². The van der Waals surface area contributed by atoms with Gasteiger partial charge in [0, 0.05) is 12.5 Å². The van der Waals surface area contributed by atoms with E-state index in [1.54, 1.807) is 0 Å². The first-order chi connectivity index (χ1) is 7.27. The lowest BCUT2D eigenvalue weighted by Gasteiger charge is -2.19. The van der Waals surface area contributed by atoms with Gasteiger partial charge in [-0.1, -0.05) is 13.3 Å². The zero-order chi connectivity index (χ0) is 11.1. The summed E-state index contributed by atoms with van der Waals surface area (Å²) in [6, 6.07) is 0.863. The van der Waals surface area contributed by atoms with Crippen LogP contribution in [0.3, 0.4) is 0 Å². The van der Waals surface area contributed by atoms with Gasteiger partial charge in [-0.3, -0.25) is 10.2 Å². The Morgan fingerprint density at radius 2 is 2.13 bits per heavy atom. The Bertz CT molecular complexity index is 192. The first-order valence-corrected chi connectivity index (χ1v) is 6.01. The Labute approximate surface area is 92.2 Å². The summed E-state index contributed by atoms with van der Waals surface area (Å²) in [5.41, 5.74) is 2.15. The molecule has 0 aromatic rings. The van der Waals surface area contributed by atoms with Gasteiger partial charge in [0.25, 0.3) is 0 Å². The quantitative estimate of drug-likeness (QED) is 0.274. The second-order valence-corrected chi connectivity index (χ2v) is 4.24. The monoisotopic (exact) mass is 213 g/mol. The van der Waals surface area contributed by atoms with E-state index in [9.17, 15) is 4.79 Å². The normalized spacial score (nSPS) is 15.7. The molecule has 1 aliphatic rings. The summed E-state index contributed by atoms with van der Waals surface area (Å²) in [6.45, 7) is 4.57. The van der Waals surface area contributed by atoms with Crippen LogP contribution in [0.15, 0.2) is 0 Å². The minimum atomic E-state index is -0.0514. The molecule has 3 N–H and O–H groups in total. The van der Waals surface area contributed by atoms with Gasteiger partial charge in [-0.15, -0.1) is 0 Å². The van der Waals surface area contributed by atoms with Gasteiger partial charge in [-0.25, -0.2) is 5.84 Å². The van der Waals surface area contributed by atoms with E-state index in [2.05, 4.69) is 17.2 Å². The molecule has 1 fully saturated rings. The molecule has 1 saturated carbocycles. The molecule has 0 saturated heterocycles. The van der Waals surface area contributed by atoms with Crippen LogP contribution in [0.2, 0.25) is 0 Å². The molecule has 4 nitrogen and oxygen atoms in total. The first kappa shape index (κ1) is 12.5. The summed E-state index contributed by atoms with van der Waals surface area (Å²) in [5, 5.41) is 0. The summed E-state index contributed by atoms with van der Waals surface area (Å²) in [4.78, 5) is 13.4. The Morgan fingerprint density at radius 3 is 2.67 bits per heavy atom. The molecule has 0 aromatic carbocycles. The van der Waals surface area contributed by atoms with Crippen LogP contribution in [0, 0.1) is 0 Å². The topological polar surface area (TPSA) is 58.4 Å². The van der Waals surface area contributed by atoms with Gasteiger partial charge in [0.2, 0.25) is 5.91 Å². The van der Waals surface area contributed by atoms with Crippen molar-refractivity contribution >= 4 is 5.91 Å². The van der Waals surface area contributed by atoms with E-state index in [0.717, 1.165) is 25.4 Å². The Morgan fingerprint density at radius 1 is 1.40 bits per heavy atom. The first-order valence-electron chi connectivity index (χ1n) is 6.01. The molecule has 88 valence electrons. The van der Waals surface area contributed by atoms with Crippen LogP contribution in [0.25, 0.3) is 0 Å². The lowest BCUT2D eigenvalue weighted by atomic mass is 10.2. The van der Waals surface area contributed by atoms with Crippen LogP contribution in [0.4, 0.5) is 0 Å². The van der Waals surface area contributed by atoms with Crippen LogP contribution in [0.1, 0.15) is 45.4 Å². The fourth-order valence-electron chi connectivity index (χ4n) is 1.89. The third-order valence-corrected chi connectivity index (χ3v) is 2.98. The highest BCUT2D eigenvalue weighted by Gasteiger charge is 2.26. The number of nitrogens with zero attached hydrogens (tertiary/aromatic N) is 1. The molecule has 0 aromatic heterocycles. The van der Waals surface area contributed by atoms with Gasteiger partial charge in [0.05, 0.1) is 0 Å². The maximum absolute atomic E-state index is 10.8. The number of hydrazine groups is 1. The minimum Gasteiger partial charge on any atom is -0.301 e. The molecule has 0 aliphatic heterocycles. The number of carbonyl (C=O) groups is 1. The van der Waals surface area contributed by atoms with Gasteiger partial charge in [0.1, 0.15) is 0 Å². The third kappa shape index (κ3) is 5.14. The van der Waals surface area contributed by atoms with Gasteiger partial charge in [-0.05, 0) is 38.8 Å². The number of hydrogen-bond donors (Lipinski definition) is 2. The zero-order valence-corrected chi connectivity index (χ0v) is 9.67. The summed E-state index contributed by atoms with van der Waals surface area (Å²) in [7, 11) is 0. The summed E-state index contributed by atoms with van der Waals surface area (Å²) >= 11 is 0. The largest absolute Gasteiger partial charge is 0.301 e. The lowest BCUT2D eigenvalue weighted by molar-refractivity contribution is -0.121. The van der Waals surface area contributed by atoms with Crippen molar-refractivity contribution in [2.45, 2.75) is 51.5 Å². The fraction of sp³-hybridized carbons (Fsp3) is 0.909. The minimum absolute atomic E-state index is 0.0514. The van der Waals surface area contributed by atoms with Crippen molar-refractivity contribution in [3.63, 3.8) is 0 Å². The maximum Gasteiger partial charge on any atom is 0.233 e. The number of unbranched alkanes of at least 4 members (excludes halogenated alkanes) is 2. The van der Waals surface area contributed by atoms with Crippen LogP contribution in [-0.2, 0) is 4.79 Å². The maximum atomic E-state index is 10.8. The molecule has 1 amide bonds. The number of hydrogen-bond acceptors (Lipinski definition) is 3. The smallest absolute Gasteiger partial charge is 0.233 e. The highest BCUT2D eigenvalue weighted by atomic mass is 16.2. The van der Waals surface area contributed by atoms with E-state index in [4.69, 9.17) is 5.84 Å². The van der Waals surface area contributed by atoms with Crippen molar-refractivity contribution in [1.29, 1.82) is 0 Å². The van der Waals surface area contributed by atoms with Crippen molar-refractivity contribution < 1.29 is 4.79 Å². The lowest BCUT2D eigenvalue weighted by Crippen LogP contribution is -2.29. The van der Waals surface area contributed by atoms with E-state index in [-0.39, 0.29) is 5.91 Å². The Balaban J connectivity index is 1.93. The molecular weight excluding hydrogens is 190 g/mol. The van der Waals surface area contributed by atoms with E-state index < -0.39 is 0 Å². The standard InChI is InChI=1S/C11H23N3O/c1-2-14(10-7-8-10)9-5-3-4-6-11(15)13-12/h10H,2-9,12H2,1H3,(H,13,15). The van der Waals surface area contributed by atoms with Crippen molar-refractivity contribution in [3.8, 4) is 0 Å². The molecule has 0 spiro atoms. The molecule has 0 unspecified atom stereocenters. The van der Waals surface area contributed by atoms with Crippen LogP contribution < -0.4 is 11.3 Å². The van der Waals surface area contributed by atoms with Gasteiger partial charge >= 0.3 is 0 Å². The van der Waals surface area contributed by atoms with E-state index in [1.807, 2.05) is 0 Å². The average molecular weight is 213 g/mol. The van der Waals surface area contributed by atoms with Crippen molar-refractivity contribution in [2.24, 2.45) is 5.84 Å². The predicted molar refractivity (Wildman–Crippen MR) is 61.1 cm³/mol. The highest BCUT2D eigenvalue weighted by Crippen LogP contribution is 2.26. The number of nitrogens with one attached hydrogen (secondary N) is 1. The molecule has 0 bridgehead atoms. The molecule has 4 heteroatoms. The van der Waals surface area contributed by atoms with Crippen LogP contribution in [-0.4, -0.2) is 29.9 Å². The van der Waals surface area contributed by atoms with Crippen molar-refractivity contribution in [1.82, 2.24) is 10.3 Å². The van der Waals surface area contributed by atoms with Gasteiger partial charge in [-0.2, -0.15) is 0 Å². The molecule has 0 heterocycles. The average Bonchev–Trinajstić information content (AvgIpc) is 3.06. The van der Waals surface area contributed by atoms with Crippen molar-refractivity contribution in [2.75, 3.05) is 13.1 Å². The molecule has 0 radical (unpaired) electrons. The zero-order valence-electron chi connectivity index (χ0n) is 9.67. The highest BCUT2D eigenvalue weighted by molar-refractivity contribution is 5.74. The number of nitrogens with two attached hydrogens (primary N) is 1. The molecule has 1 rings (SSSR count). The molecular formula is C11H23N3O. The number of carbonyl (C=O) groups excluding carboxylic acids is 1. The summed E-state index contributed by atoms with van der Waals surface area (Å²) in [5.74, 6) is 4.95. The Hall–Kier alpha value is -0.610. The van der Waals surface area contributed by atoms with E-state index in [1.165, 1.54) is 25.8 Å². The van der Waals surface area contributed by atoms with Crippen LogP contribution >= 0.6 is 0 Å². The van der Waals surface area contributed by atoms with Gasteiger partial charge in [0.15, 0.2) is 0 Å². The summed E-state index contributed by atoms with van der Waals surface area (Å²) < 4.78 is 0. The van der Waals surface area contributed by atoms with Crippen molar-refractivity contribution in [3.05, 3.63) is 0 Å². The number of amides is 1. The Kier molecular flexibility index (Phi) is 5.65. The van der Waals surface area contributed by atoms with Gasteiger partial charge < -0.3 is 4.90 Å². The number of rotatable bonds is 8. The van der Waals surface area contributed by atoms with E-state index >= 15 is 0 Å². The molecule has 0 atom stereocenters. The second-order valence-electron chi connectivity index (χ2n) is 4.24. The predicted octanol–water partition coefficient (Wildman–Crippen LogP) is 1.02. The summed E-state index contributed by atoms with van der Waals surface area (Å²) in [6.07, 6.45) is 6.59. The SMILES string of the molecule is CCN(CCCCCC(=O)NN)C1CC1. The fourth-order valence-corrected chi connectivity index (χ4v) is 1.89.